The minimum Gasteiger partial charge on any atom is -0.382 e. The molecular weight excluding hydrogens is 154 g/mol. The van der Waals surface area contributed by atoms with Crippen LogP contribution < -0.4 is 5.73 Å². The summed E-state index contributed by atoms with van der Waals surface area (Å²) in [5, 5.41) is 0. The third kappa shape index (κ3) is 3.52. The number of hydrogen-bond acceptors (Lipinski definition) is 3. The second-order valence-electron chi connectivity index (χ2n) is 2.93. The molecule has 1 fully saturated rings. The predicted octanol–water partition coefficient (Wildman–Crippen LogP) is 0.919. The van der Waals surface area contributed by atoms with Crippen LogP contribution in [0.5, 0.6) is 0 Å². The van der Waals surface area contributed by atoms with Crippen LogP contribution in [0.3, 0.4) is 0 Å². The van der Waals surface area contributed by atoms with Gasteiger partial charge in [0.05, 0.1) is 19.3 Å². The molecule has 2 N–H and O–H groups in total. The zero-order valence-corrected chi connectivity index (χ0v) is 7.51. The first-order chi connectivity index (χ1) is 6.89. The topological polar surface area (TPSA) is 44.5 Å². The quantitative estimate of drug-likeness (QED) is 0.648. The van der Waals surface area contributed by atoms with Crippen LogP contribution in [0.4, 0.5) is 0 Å². The summed E-state index contributed by atoms with van der Waals surface area (Å²) in [6.07, 6.45) is -0.655. The molecule has 0 heterocycles. The van der Waals surface area contributed by atoms with E-state index in [-0.39, 0.29) is 12.5 Å². The van der Waals surface area contributed by atoms with E-state index in [0.29, 0.717) is 26.1 Å². The summed E-state index contributed by atoms with van der Waals surface area (Å²) >= 11 is 0. The van der Waals surface area contributed by atoms with E-state index in [9.17, 15) is 0 Å². The maximum Gasteiger partial charge on any atom is 0.0704 e. The number of nitrogens with two attached hydrogens (primary N) is 1. The molecule has 0 aromatic rings. The number of ether oxygens (including phenoxy) is 2. The molecule has 0 spiro atoms. The second-order valence-corrected chi connectivity index (χ2v) is 2.93. The summed E-state index contributed by atoms with van der Waals surface area (Å²) in [5.41, 5.74) is 5.58. The van der Waals surface area contributed by atoms with E-state index in [0.717, 1.165) is 0 Å². The van der Waals surface area contributed by atoms with Crippen molar-refractivity contribution in [3.63, 3.8) is 0 Å². The number of hydrogen-bond donors (Lipinski definition) is 1. The van der Waals surface area contributed by atoms with Gasteiger partial charge in [0.25, 0.3) is 0 Å². The average Bonchev–Trinajstić information content (AvgIpc) is 2.12. The lowest BCUT2D eigenvalue weighted by Gasteiger charge is -2.25. The third-order valence-corrected chi connectivity index (χ3v) is 1.93. The lowest BCUT2D eigenvalue weighted by Crippen LogP contribution is -2.30. The van der Waals surface area contributed by atoms with Gasteiger partial charge in [-0.25, -0.2) is 0 Å². The fraction of sp³-hybridized carbons (Fsp3) is 1.00. The maximum atomic E-state index is 7.68. The Morgan fingerprint density at radius 3 is 3.00 bits per heavy atom. The molecule has 72 valence electrons. The fourth-order valence-electron chi connectivity index (χ4n) is 1.19. The van der Waals surface area contributed by atoms with Crippen molar-refractivity contribution in [3.05, 3.63) is 0 Å². The first-order valence-electron chi connectivity index (χ1n) is 5.78. The Morgan fingerprint density at radius 2 is 2.33 bits per heavy atom. The van der Waals surface area contributed by atoms with Crippen molar-refractivity contribution in [1.82, 2.24) is 0 Å². The molecule has 1 saturated carbocycles. The Morgan fingerprint density at radius 1 is 1.50 bits per heavy atom. The van der Waals surface area contributed by atoms with Crippen LogP contribution in [-0.4, -0.2) is 32.4 Å². The lowest BCUT2D eigenvalue weighted by atomic mass is 9.94. The molecule has 1 rings (SSSR count). The van der Waals surface area contributed by atoms with Crippen molar-refractivity contribution in [2.45, 2.75) is 37.8 Å². The van der Waals surface area contributed by atoms with E-state index in [1.165, 1.54) is 0 Å². The Hall–Kier alpha value is -0.120. The summed E-state index contributed by atoms with van der Waals surface area (Å²) in [5.74, 6) is 0. The summed E-state index contributed by atoms with van der Waals surface area (Å²) in [7, 11) is 1.60. The standard InChI is InChI=1S/C9H19NO2/c1-11-6-7-12-9-4-2-8(10)3-5-9/h8-9H,2-7,10H2,1H3/t8-,9?/i2D2,8D/m0/s1. The van der Waals surface area contributed by atoms with Crippen molar-refractivity contribution in [2.24, 2.45) is 5.73 Å². The zero-order valence-electron chi connectivity index (χ0n) is 10.5. The van der Waals surface area contributed by atoms with Crippen LogP contribution in [0.1, 0.15) is 29.7 Å². The molecule has 1 aliphatic rings. The van der Waals surface area contributed by atoms with Gasteiger partial charge in [0.2, 0.25) is 0 Å². The molecule has 0 amide bonds. The van der Waals surface area contributed by atoms with Crippen LogP contribution in [0.15, 0.2) is 0 Å². The first-order valence-corrected chi connectivity index (χ1v) is 4.28. The summed E-state index contributed by atoms with van der Waals surface area (Å²) < 4.78 is 33.3. The fourth-order valence-corrected chi connectivity index (χ4v) is 1.19. The molecule has 3 heteroatoms. The highest BCUT2D eigenvalue weighted by Crippen LogP contribution is 2.19. The van der Waals surface area contributed by atoms with Crippen LogP contribution in [0, 0.1) is 0 Å². The molecule has 2 atom stereocenters. The zero-order chi connectivity index (χ0) is 11.5. The van der Waals surface area contributed by atoms with Gasteiger partial charge in [-0.3, -0.25) is 0 Å². The summed E-state index contributed by atoms with van der Waals surface area (Å²) in [6, 6.07) is -1.48. The van der Waals surface area contributed by atoms with Gasteiger partial charge >= 0.3 is 0 Å². The van der Waals surface area contributed by atoms with Gasteiger partial charge in [0.1, 0.15) is 0 Å². The Balaban J connectivity index is 2.41. The highest BCUT2D eigenvalue weighted by Gasteiger charge is 2.18. The highest BCUT2D eigenvalue weighted by atomic mass is 16.5. The van der Waals surface area contributed by atoms with Crippen molar-refractivity contribution in [1.29, 1.82) is 0 Å². The molecule has 0 bridgehead atoms. The van der Waals surface area contributed by atoms with Gasteiger partial charge in [-0.15, -0.1) is 0 Å². The first kappa shape index (κ1) is 6.35. The molecule has 0 saturated heterocycles. The molecule has 0 radical (unpaired) electrons. The van der Waals surface area contributed by atoms with Crippen LogP contribution >= 0.6 is 0 Å². The summed E-state index contributed by atoms with van der Waals surface area (Å²) in [4.78, 5) is 0. The van der Waals surface area contributed by atoms with E-state index < -0.39 is 12.4 Å². The van der Waals surface area contributed by atoms with Crippen molar-refractivity contribution in [2.75, 3.05) is 20.3 Å². The van der Waals surface area contributed by atoms with E-state index in [2.05, 4.69) is 0 Å². The molecular formula is C9H19NO2. The van der Waals surface area contributed by atoms with E-state index >= 15 is 0 Å². The molecule has 12 heavy (non-hydrogen) atoms. The van der Waals surface area contributed by atoms with Gasteiger partial charge in [0.15, 0.2) is 0 Å². The average molecular weight is 176 g/mol. The van der Waals surface area contributed by atoms with Crippen LogP contribution in [-0.2, 0) is 9.47 Å². The van der Waals surface area contributed by atoms with Gasteiger partial charge in [0, 0.05) is 17.2 Å². The van der Waals surface area contributed by atoms with E-state index in [4.69, 9.17) is 19.3 Å². The molecule has 0 aliphatic heterocycles. The van der Waals surface area contributed by atoms with E-state index in [1.54, 1.807) is 7.11 Å². The summed E-state index contributed by atoms with van der Waals surface area (Å²) in [6.45, 7) is 0.973. The van der Waals surface area contributed by atoms with Gasteiger partial charge in [-0.05, 0) is 25.6 Å². The Labute approximate surface area is 78.4 Å². The predicted molar refractivity (Wildman–Crippen MR) is 48.1 cm³/mol. The second kappa shape index (κ2) is 5.51. The van der Waals surface area contributed by atoms with Crippen molar-refractivity contribution >= 4 is 0 Å². The van der Waals surface area contributed by atoms with Crippen molar-refractivity contribution < 1.29 is 13.6 Å². The maximum absolute atomic E-state index is 7.68. The third-order valence-electron chi connectivity index (χ3n) is 1.93. The minimum atomic E-state index is -1.68. The Kier molecular flexibility index (Phi) is 2.92. The normalized spacial score (nSPS) is 44.5. The monoisotopic (exact) mass is 176 g/mol. The molecule has 0 aromatic carbocycles. The minimum absolute atomic E-state index is 0.142. The number of rotatable bonds is 4. The molecule has 0 aromatic heterocycles. The van der Waals surface area contributed by atoms with Crippen LogP contribution in [0.25, 0.3) is 0 Å². The van der Waals surface area contributed by atoms with Gasteiger partial charge in [-0.2, -0.15) is 0 Å². The molecule has 1 unspecified atom stereocenters. The van der Waals surface area contributed by atoms with Gasteiger partial charge < -0.3 is 15.2 Å². The Bertz CT molecular complexity index is 212. The number of methoxy groups -OCH3 is 1. The highest BCUT2D eigenvalue weighted by molar-refractivity contribution is 4.74. The molecule has 1 aliphatic carbocycles. The smallest absolute Gasteiger partial charge is 0.0704 e. The largest absolute Gasteiger partial charge is 0.382 e. The molecule has 3 nitrogen and oxygen atoms in total. The van der Waals surface area contributed by atoms with Crippen molar-refractivity contribution in [3.8, 4) is 0 Å². The SMILES string of the molecule is [2H]C1([2H])CC(OCCOC)CC[C@@]1([2H])N. The van der Waals surface area contributed by atoms with E-state index in [1.807, 2.05) is 0 Å². The van der Waals surface area contributed by atoms with Crippen LogP contribution in [0.2, 0.25) is 0 Å². The lowest BCUT2D eigenvalue weighted by molar-refractivity contribution is -0.00241. The van der Waals surface area contributed by atoms with Gasteiger partial charge in [-0.1, -0.05) is 0 Å².